The van der Waals surface area contributed by atoms with Gasteiger partial charge in [0.1, 0.15) is 17.6 Å². The summed E-state index contributed by atoms with van der Waals surface area (Å²) in [6.07, 6.45) is 4.88. The van der Waals surface area contributed by atoms with Crippen molar-refractivity contribution < 1.29 is 9.53 Å². The fourth-order valence-corrected chi connectivity index (χ4v) is 1.84. The molecule has 0 heterocycles. The van der Waals surface area contributed by atoms with Crippen LogP contribution >= 0.6 is 0 Å². The Morgan fingerprint density at radius 3 is 2.50 bits per heavy atom. The number of hydrogen-bond acceptors (Lipinski definition) is 2. The number of carbonyl (C=O) groups excluding carboxylic acids is 1. The molecule has 2 rings (SSSR count). The second kappa shape index (κ2) is 5.15. The van der Waals surface area contributed by atoms with E-state index in [1.54, 1.807) is 0 Å². The molecule has 1 aromatic carbocycles. The molecule has 0 aliphatic heterocycles. The van der Waals surface area contributed by atoms with Gasteiger partial charge in [0.05, 0.1) is 0 Å². The molecule has 1 aliphatic rings. The Hall–Kier alpha value is -1.31. The van der Waals surface area contributed by atoms with Gasteiger partial charge in [-0.25, -0.2) is 0 Å². The number of unbranched alkanes of at least 4 members (excludes halogenated alkanes) is 1. The lowest BCUT2D eigenvalue weighted by Crippen LogP contribution is -2.33. The molecule has 1 fully saturated rings. The van der Waals surface area contributed by atoms with Crippen LogP contribution in [0.3, 0.4) is 0 Å². The van der Waals surface area contributed by atoms with Crippen molar-refractivity contribution in [3.8, 4) is 5.75 Å². The van der Waals surface area contributed by atoms with Gasteiger partial charge in [-0.3, -0.25) is 4.79 Å². The molecular formula is C14H18O2. The summed E-state index contributed by atoms with van der Waals surface area (Å²) in [6.45, 7) is 2.20. The van der Waals surface area contributed by atoms with Gasteiger partial charge in [0.25, 0.3) is 0 Å². The van der Waals surface area contributed by atoms with E-state index in [1.807, 2.05) is 12.1 Å². The van der Waals surface area contributed by atoms with E-state index in [0.29, 0.717) is 18.6 Å². The Morgan fingerprint density at radius 1 is 1.25 bits per heavy atom. The van der Waals surface area contributed by atoms with Crippen molar-refractivity contribution in [2.24, 2.45) is 0 Å². The third-order valence-corrected chi connectivity index (χ3v) is 2.96. The molecular weight excluding hydrogens is 200 g/mol. The second-order valence-corrected chi connectivity index (χ2v) is 4.43. The topological polar surface area (TPSA) is 26.3 Å². The van der Waals surface area contributed by atoms with Crippen molar-refractivity contribution in [3.05, 3.63) is 29.8 Å². The highest BCUT2D eigenvalue weighted by atomic mass is 16.5. The first-order chi connectivity index (χ1) is 7.78. The third-order valence-electron chi connectivity index (χ3n) is 2.96. The predicted molar refractivity (Wildman–Crippen MR) is 63.7 cm³/mol. The molecule has 0 aromatic heterocycles. The summed E-state index contributed by atoms with van der Waals surface area (Å²) in [7, 11) is 0. The van der Waals surface area contributed by atoms with Gasteiger partial charge in [0.15, 0.2) is 0 Å². The van der Waals surface area contributed by atoms with Crippen molar-refractivity contribution in [2.75, 3.05) is 0 Å². The van der Waals surface area contributed by atoms with Crippen LogP contribution in [-0.4, -0.2) is 11.9 Å². The van der Waals surface area contributed by atoms with E-state index < -0.39 is 0 Å². The fourth-order valence-electron chi connectivity index (χ4n) is 1.84. The lowest BCUT2D eigenvalue weighted by atomic mass is 9.94. The molecule has 0 spiro atoms. The molecule has 16 heavy (non-hydrogen) atoms. The van der Waals surface area contributed by atoms with Gasteiger partial charge in [-0.1, -0.05) is 25.5 Å². The van der Waals surface area contributed by atoms with Crippen LogP contribution < -0.4 is 4.74 Å². The standard InChI is InChI=1S/C14H18O2/c1-2-3-4-11-5-7-13(8-6-11)16-14-9-12(15)10-14/h5-8,14H,2-4,9-10H2,1H3. The van der Waals surface area contributed by atoms with E-state index in [-0.39, 0.29) is 6.10 Å². The van der Waals surface area contributed by atoms with Gasteiger partial charge in [-0.05, 0) is 30.5 Å². The van der Waals surface area contributed by atoms with Crippen LogP contribution in [0.15, 0.2) is 24.3 Å². The molecule has 0 unspecified atom stereocenters. The number of aryl methyl sites for hydroxylation is 1. The Bertz CT molecular complexity index is 346. The fraction of sp³-hybridized carbons (Fsp3) is 0.500. The molecule has 1 aromatic rings. The smallest absolute Gasteiger partial charge is 0.140 e. The Kier molecular flexibility index (Phi) is 3.60. The molecule has 0 N–H and O–H groups in total. The SMILES string of the molecule is CCCCc1ccc(OC2CC(=O)C2)cc1. The Labute approximate surface area is 96.6 Å². The number of ether oxygens (including phenoxy) is 1. The molecule has 1 saturated carbocycles. The van der Waals surface area contributed by atoms with Crippen LogP contribution in [0, 0.1) is 0 Å². The average Bonchev–Trinajstić information content (AvgIpc) is 2.26. The first-order valence-corrected chi connectivity index (χ1v) is 6.05. The summed E-state index contributed by atoms with van der Waals surface area (Å²) in [5.41, 5.74) is 1.36. The second-order valence-electron chi connectivity index (χ2n) is 4.43. The summed E-state index contributed by atoms with van der Waals surface area (Å²) in [4.78, 5) is 10.8. The summed E-state index contributed by atoms with van der Waals surface area (Å²) in [5, 5.41) is 0. The Balaban J connectivity index is 1.84. The molecule has 0 radical (unpaired) electrons. The zero-order valence-corrected chi connectivity index (χ0v) is 9.74. The van der Waals surface area contributed by atoms with Crippen LogP contribution in [-0.2, 0) is 11.2 Å². The minimum Gasteiger partial charge on any atom is -0.490 e. The van der Waals surface area contributed by atoms with Gasteiger partial charge in [0, 0.05) is 12.8 Å². The molecule has 2 heteroatoms. The molecule has 2 nitrogen and oxygen atoms in total. The van der Waals surface area contributed by atoms with Crippen LogP contribution in [0.25, 0.3) is 0 Å². The lowest BCUT2D eigenvalue weighted by molar-refractivity contribution is -0.129. The number of benzene rings is 1. The quantitative estimate of drug-likeness (QED) is 0.759. The van der Waals surface area contributed by atoms with Crippen LogP contribution in [0.4, 0.5) is 0 Å². The summed E-state index contributed by atoms with van der Waals surface area (Å²) in [6, 6.07) is 8.25. The van der Waals surface area contributed by atoms with E-state index in [9.17, 15) is 4.79 Å². The van der Waals surface area contributed by atoms with Gasteiger partial charge >= 0.3 is 0 Å². The molecule has 0 amide bonds. The molecule has 0 bridgehead atoms. The minimum absolute atomic E-state index is 0.119. The monoisotopic (exact) mass is 218 g/mol. The lowest BCUT2D eigenvalue weighted by Gasteiger charge is -2.25. The number of ketones is 1. The maximum atomic E-state index is 10.8. The maximum Gasteiger partial charge on any atom is 0.140 e. The summed E-state index contributed by atoms with van der Waals surface area (Å²) < 4.78 is 5.66. The first kappa shape index (κ1) is 11.2. The van der Waals surface area contributed by atoms with Crippen molar-refractivity contribution in [2.45, 2.75) is 45.1 Å². The van der Waals surface area contributed by atoms with Gasteiger partial charge in [0.2, 0.25) is 0 Å². The third kappa shape index (κ3) is 2.84. The number of Topliss-reactive ketones (excluding diaryl/α,β-unsaturated/α-hetero) is 1. The first-order valence-electron chi connectivity index (χ1n) is 6.05. The van der Waals surface area contributed by atoms with Gasteiger partial charge < -0.3 is 4.74 Å². The van der Waals surface area contributed by atoms with Crippen molar-refractivity contribution in [3.63, 3.8) is 0 Å². The van der Waals surface area contributed by atoms with Crippen molar-refractivity contribution >= 4 is 5.78 Å². The highest BCUT2D eigenvalue weighted by Gasteiger charge is 2.28. The molecule has 0 saturated heterocycles. The van der Waals surface area contributed by atoms with Crippen LogP contribution in [0.5, 0.6) is 5.75 Å². The zero-order valence-electron chi connectivity index (χ0n) is 9.74. The largest absolute Gasteiger partial charge is 0.490 e. The van der Waals surface area contributed by atoms with Crippen molar-refractivity contribution in [1.29, 1.82) is 0 Å². The molecule has 86 valence electrons. The highest BCUT2D eigenvalue weighted by molar-refractivity contribution is 5.85. The maximum absolute atomic E-state index is 10.8. The van der Waals surface area contributed by atoms with Crippen molar-refractivity contribution in [1.82, 2.24) is 0 Å². The number of carbonyl (C=O) groups is 1. The molecule has 0 atom stereocenters. The van der Waals surface area contributed by atoms with Crippen LogP contribution in [0.1, 0.15) is 38.2 Å². The zero-order chi connectivity index (χ0) is 11.4. The Morgan fingerprint density at radius 2 is 1.94 bits per heavy atom. The number of rotatable bonds is 5. The minimum atomic E-state index is 0.119. The summed E-state index contributed by atoms with van der Waals surface area (Å²) in [5.74, 6) is 1.20. The predicted octanol–water partition coefficient (Wildman–Crippen LogP) is 3.14. The summed E-state index contributed by atoms with van der Waals surface area (Å²) >= 11 is 0. The van der Waals surface area contributed by atoms with Crippen LogP contribution in [0.2, 0.25) is 0 Å². The van der Waals surface area contributed by atoms with E-state index >= 15 is 0 Å². The normalized spacial score (nSPS) is 15.9. The average molecular weight is 218 g/mol. The van der Waals surface area contributed by atoms with E-state index in [4.69, 9.17) is 4.74 Å². The number of hydrogen-bond donors (Lipinski definition) is 0. The van der Waals surface area contributed by atoms with Gasteiger partial charge in [-0.15, -0.1) is 0 Å². The molecule has 1 aliphatic carbocycles. The van der Waals surface area contributed by atoms with E-state index in [1.165, 1.54) is 18.4 Å². The van der Waals surface area contributed by atoms with Gasteiger partial charge in [-0.2, -0.15) is 0 Å². The highest BCUT2D eigenvalue weighted by Crippen LogP contribution is 2.23. The van der Waals surface area contributed by atoms with E-state index in [0.717, 1.165) is 12.2 Å². The van der Waals surface area contributed by atoms with E-state index in [2.05, 4.69) is 19.1 Å².